The second-order valence-corrected chi connectivity index (χ2v) is 5.85. The van der Waals surface area contributed by atoms with E-state index in [0.717, 1.165) is 15.8 Å². The quantitative estimate of drug-likeness (QED) is 0.665. The first-order chi connectivity index (χ1) is 11.6. The van der Waals surface area contributed by atoms with Crippen LogP contribution in [0, 0.1) is 5.82 Å². The number of hydrogen-bond donors (Lipinski definition) is 2. The van der Waals surface area contributed by atoms with Gasteiger partial charge in [-0.3, -0.25) is 4.79 Å². The van der Waals surface area contributed by atoms with Gasteiger partial charge in [0.1, 0.15) is 11.6 Å². The number of carbonyl (C=O) groups is 1. The lowest BCUT2D eigenvalue weighted by atomic mass is 10.2. The highest BCUT2D eigenvalue weighted by Gasteiger charge is 2.09. The second-order valence-electron chi connectivity index (χ2n) is 5.00. The summed E-state index contributed by atoms with van der Waals surface area (Å²) in [5, 5.41) is 5.84. The topological polar surface area (TPSA) is 54.0 Å². The van der Waals surface area contributed by atoms with Crippen molar-refractivity contribution >= 4 is 39.0 Å². The molecular weight excluding hydrogens is 373 g/mol. The van der Waals surface area contributed by atoms with Crippen molar-refractivity contribution in [2.75, 3.05) is 10.6 Å². The van der Waals surface area contributed by atoms with Crippen molar-refractivity contribution in [3.63, 3.8) is 0 Å². The molecule has 120 valence electrons. The van der Waals surface area contributed by atoms with Gasteiger partial charge in [0, 0.05) is 10.2 Å². The number of amides is 1. The zero-order valence-electron chi connectivity index (χ0n) is 12.5. The molecule has 0 aliphatic rings. The van der Waals surface area contributed by atoms with E-state index in [1.165, 1.54) is 12.1 Å². The molecule has 0 radical (unpaired) electrons. The van der Waals surface area contributed by atoms with Gasteiger partial charge in [-0.2, -0.15) is 0 Å². The van der Waals surface area contributed by atoms with E-state index < -0.39 is 0 Å². The van der Waals surface area contributed by atoms with Gasteiger partial charge in [0.25, 0.3) is 5.91 Å². The molecule has 1 heterocycles. The highest BCUT2D eigenvalue weighted by molar-refractivity contribution is 9.10. The van der Waals surface area contributed by atoms with Crippen LogP contribution in [0.5, 0.6) is 0 Å². The molecule has 4 nitrogen and oxygen atoms in total. The largest absolute Gasteiger partial charge is 0.354 e. The number of pyridine rings is 1. The maximum absolute atomic E-state index is 12.9. The first-order valence-electron chi connectivity index (χ1n) is 7.16. The summed E-state index contributed by atoms with van der Waals surface area (Å²) in [5.41, 5.74) is 2.02. The predicted octanol–water partition coefficient (Wildman–Crippen LogP) is 4.98. The fourth-order valence-corrected chi connectivity index (χ4v) is 2.54. The Kier molecular flexibility index (Phi) is 4.86. The maximum atomic E-state index is 12.9. The van der Waals surface area contributed by atoms with Gasteiger partial charge in [-0.25, -0.2) is 9.37 Å². The average molecular weight is 386 g/mol. The second kappa shape index (κ2) is 7.23. The molecule has 0 saturated heterocycles. The molecule has 2 N–H and O–H groups in total. The molecule has 3 aromatic rings. The first kappa shape index (κ1) is 16.1. The summed E-state index contributed by atoms with van der Waals surface area (Å²) >= 11 is 3.35. The molecule has 2 aromatic carbocycles. The highest BCUT2D eigenvalue weighted by atomic mass is 79.9. The standard InChI is InChI=1S/C18H13BrFN3O/c19-16-4-2-1-3-15(16)18(24)23-17-10-9-14(11-21-17)22-13-7-5-12(20)6-8-13/h1-11,22H,(H,21,23,24). The third-order valence-corrected chi connectivity index (χ3v) is 3.95. The highest BCUT2D eigenvalue weighted by Crippen LogP contribution is 2.19. The van der Waals surface area contributed by atoms with E-state index in [-0.39, 0.29) is 11.7 Å². The summed E-state index contributed by atoms with van der Waals surface area (Å²) in [5.74, 6) is -0.0848. The summed E-state index contributed by atoms with van der Waals surface area (Å²) < 4.78 is 13.6. The Labute approximate surface area is 146 Å². The molecule has 0 unspecified atom stereocenters. The number of halogens is 2. The number of nitrogens with zero attached hydrogens (tertiary/aromatic N) is 1. The van der Waals surface area contributed by atoms with Crippen LogP contribution in [0.4, 0.5) is 21.6 Å². The van der Waals surface area contributed by atoms with Crippen LogP contribution in [0.3, 0.4) is 0 Å². The molecule has 1 aromatic heterocycles. The predicted molar refractivity (Wildman–Crippen MR) is 96.0 cm³/mol. The molecule has 0 fully saturated rings. The molecule has 0 spiro atoms. The van der Waals surface area contributed by atoms with Crippen molar-refractivity contribution in [2.24, 2.45) is 0 Å². The average Bonchev–Trinajstić information content (AvgIpc) is 2.59. The van der Waals surface area contributed by atoms with Crippen LogP contribution < -0.4 is 10.6 Å². The zero-order chi connectivity index (χ0) is 16.9. The molecule has 0 atom stereocenters. The minimum Gasteiger partial charge on any atom is -0.354 e. The van der Waals surface area contributed by atoms with Gasteiger partial charge < -0.3 is 10.6 Å². The van der Waals surface area contributed by atoms with Crippen LogP contribution in [0.2, 0.25) is 0 Å². The molecular formula is C18H13BrFN3O. The lowest BCUT2D eigenvalue weighted by molar-refractivity contribution is 0.102. The van der Waals surface area contributed by atoms with Crippen LogP contribution in [0.25, 0.3) is 0 Å². The third-order valence-electron chi connectivity index (χ3n) is 3.26. The lowest BCUT2D eigenvalue weighted by Crippen LogP contribution is -2.13. The smallest absolute Gasteiger partial charge is 0.257 e. The molecule has 24 heavy (non-hydrogen) atoms. The van der Waals surface area contributed by atoms with E-state index in [0.29, 0.717) is 11.4 Å². The van der Waals surface area contributed by atoms with Gasteiger partial charge in [-0.15, -0.1) is 0 Å². The maximum Gasteiger partial charge on any atom is 0.257 e. The Balaban J connectivity index is 1.67. The molecule has 0 aliphatic carbocycles. The van der Waals surface area contributed by atoms with Gasteiger partial charge in [0.05, 0.1) is 17.4 Å². The normalized spacial score (nSPS) is 10.2. The van der Waals surface area contributed by atoms with Crippen LogP contribution in [0.15, 0.2) is 71.3 Å². The van der Waals surface area contributed by atoms with Gasteiger partial charge in [0.15, 0.2) is 0 Å². The Bertz CT molecular complexity index is 851. The van der Waals surface area contributed by atoms with Crippen molar-refractivity contribution in [3.05, 3.63) is 82.7 Å². The Hall–Kier alpha value is -2.73. The Morgan fingerprint density at radius 3 is 2.33 bits per heavy atom. The van der Waals surface area contributed by atoms with Gasteiger partial charge >= 0.3 is 0 Å². The van der Waals surface area contributed by atoms with E-state index in [9.17, 15) is 9.18 Å². The molecule has 1 amide bonds. The minimum atomic E-state index is -0.288. The van der Waals surface area contributed by atoms with Crippen LogP contribution >= 0.6 is 15.9 Å². The monoisotopic (exact) mass is 385 g/mol. The Morgan fingerprint density at radius 1 is 0.958 bits per heavy atom. The number of hydrogen-bond acceptors (Lipinski definition) is 3. The zero-order valence-corrected chi connectivity index (χ0v) is 14.0. The summed E-state index contributed by atoms with van der Waals surface area (Å²) in [6.45, 7) is 0. The van der Waals surface area contributed by atoms with Gasteiger partial charge in [0.2, 0.25) is 0 Å². The fourth-order valence-electron chi connectivity index (χ4n) is 2.07. The number of carbonyl (C=O) groups excluding carboxylic acids is 1. The van der Waals surface area contributed by atoms with E-state index >= 15 is 0 Å². The number of nitrogens with one attached hydrogen (secondary N) is 2. The van der Waals surface area contributed by atoms with E-state index in [1.807, 2.05) is 6.07 Å². The number of anilines is 3. The molecule has 0 aliphatic heterocycles. The summed E-state index contributed by atoms with van der Waals surface area (Å²) in [6.07, 6.45) is 1.60. The molecule has 3 rings (SSSR count). The van der Waals surface area contributed by atoms with Crippen LogP contribution in [-0.4, -0.2) is 10.9 Å². The summed E-state index contributed by atoms with van der Waals surface area (Å²) in [4.78, 5) is 16.4. The van der Waals surface area contributed by atoms with Crippen molar-refractivity contribution in [3.8, 4) is 0 Å². The third kappa shape index (κ3) is 3.97. The molecule has 0 saturated carbocycles. The Morgan fingerprint density at radius 2 is 1.67 bits per heavy atom. The molecule has 6 heteroatoms. The van der Waals surface area contributed by atoms with Crippen molar-refractivity contribution in [1.29, 1.82) is 0 Å². The number of aromatic nitrogens is 1. The minimum absolute atomic E-state index is 0.241. The SMILES string of the molecule is O=C(Nc1ccc(Nc2ccc(F)cc2)cn1)c1ccccc1Br. The summed E-state index contributed by atoms with van der Waals surface area (Å²) in [6, 6.07) is 16.7. The number of rotatable bonds is 4. The van der Waals surface area contributed by atoms with E-state index in [4.69, 9.17) is 0 Å². The van der Waals surface area contributed by atoms with Crippen LogP contribution in [-0.2, 0) is 0 Å². The van der Waals surface area contributed by atoms with Crippen molar-refractivity contribution in [1.82, 2.24) is 4.98 Å². The van der Waals surface area contributed by atoms with Gasteiger partial charge in [-0.1, -0.05) is 12.1 Å². The van der Waals surface area contributed by atoms with Gasteiger partial charge in [-0.05, 0) is 64.5 Å². The first-order valence-corrected chi connectivity index (χ1v) is 7.95. The van der Waals surface area contributed by atoms with Crippen molar-refractivity contribution in [2.45, 2.75) is 0 Å². The van der Waals surface area contributed by atoms with Crippen molar-refractivity contribution < 1.29 is 9.18 Å². The number of benzene rings is 2. The van der Waals surface area contributed by atoms with E-state index in [2.05, 4.69) is 31.5 Å². The lowest BCUT2D eigenvalue weighted by Gasteiger charge is -2.08. The molecule has 0 bridgehead atoms. The summed E-state index contributed by atoms with van der Waals surface area (Å²) in [7, 11) is 0. The fraction of sp³-hybridized carbons (Fsp3) is 0. The van der Waals surface area contributed by atoms with E-state index in [1.54, 1.807) is 48.7 Å². The van der Waals surface area contributed by atoms with Crippen LogP contribution in [0.1, 0.15) is 10.4 Å².